The molecule has 0 fully saturated rings. The SMILES string of the molecule is CCC(C)(C)[O-].[Tl+]. The zero-order valence-corrected chi connectivity index (χ0v) is 9.68. The van der Waals surface area contributed by atoms with E-state index in [1.165, 1.54) is 0 Å². The zero-order valence-electron chi connectivity index (χ0n) is 5.19. The van der Waals surface area contributed by atoms with E-state index in [4.69, 9.17) is 0 Å². The van der Waals surface area contributed by atoms with Crippen LogP contribution in [0, 0.1) is 0 Å². The van der Waals surface area contributed by atoms with Gasteiger partial charge in [0.25, 0.3) is 0 Å². The maximum absolute atomic E-state index is 10.5. The molecule has 2 heteroatoms. The molecule has 0 radical (unpaired) electrons. The van der Waals surface area contributed by atoms with Gasteiger partial charge >= 0.3 is 27.3 Å². The average Bonchev–Trinajstić information content (AvgIpc) is 1.35. The molecule has 0 aliphatic heterocycles. The standard InChI is InChI=1S/C5H11O.Tl/c1-4-5(2,3)6;/h4H2,1-3H3;/q-1;+1. The fraction of sp³-hybridized carbons (Fsp3) is 1.00. The van der Waals surface area contributed by atoms with E-state index >= 15 is 0 Å². The monoisotopic (exact) mass is 292 g/mol. The van der Waals surface area contributed by atoms with E-state index in [1.807, 2.05) is 6.92 Å². The predicted molar refractivity (Wildman–Crippen MR) is 30.1 cm³/mol. The largest absolute Gasteiger partial charge is 1.00 e. The third kappa shape index (κ3) is 10.9. The molecule has 0 N–H and O–H groups in total. The van der Waals surface area contributed by atoms with E-state index in [-0.39, 0.29) is 27.3 Å². The molecule has 0 saturated carbocycles. The minimum atomic E-state index is -0.708. The van der Waals surface area contributed by atoms with Gasteiger partial charge in [0.2, 0.25) is 0 Å². The first-order valence-corrected chi connectivity index (χ1v) is 2.26. The van der Waals surface area contributed by atoms with E-state index in [0.717, 1.165) is 0 Å². The van der Waals surface area contributed by atoms with E-state index < -0.39 is 5.60 Å². The van der Waals surface area contributed by atoms with Crippen molar-refractivity contribution in [2.24, 2.45) is 0 Å². The van der Waals surface area contributed by atoms with Crippen molar-refractivity contribution in [2.75, 3.05) is 0 Å². The maximum Gasteiger partial charge on any atom is 1.00 e. The molecule has 0 spiro atoms. The first kappa shape index (κ1) is 10.8. The summed E-state index contributed by atoms with van der Waals surface area (Å²) in [6, 6.07) is 0. The first-order chi connectivity index (χ1) is 2.56. The van der Waals surface area contributed by atoms with Crippen LogP contribution in [0.5, 0.6) is 0 Å². The summed E-state index contributed by atoms with van der Waals surface area (Å²) in [7, 11) is 0. The van der Waals surface area contributed by atoms with E-state index in [9.17, 15) is 5.11 Å². The van der Waals surface area contributed by atoms with Crippen LogP contribution in [0.3, 0.4) is 0 Å². The van der Waals surface area contributed by atoms with Crippen LogP contribution >= 0.6 is 0 Å². The van der Waals surface area contributed by atoms with Gasteiger partial charge in [0.05, 0.1) is 0 Å². The third-order valence-electron chi connectivity index (χ3n) is 0.851. The molecule has 0 aliphatic rings. The van der Waals surface area contributed by atoms with Gasteiger partial charge in [-0.15, -0.1) is 5.60 Å². The number of rotatable bonds is 1. The maximum atomic E-state index is 10.5. The molecule has 0 aromatic rings. The van der Waals surface area contributed by atoms with Gasteiger partial charge in [0, 0.05) is 0 Å². The molecule has 0 aromatic heterocycles. The summed E-state index contributed by atoms with van der Waals surface area (Å²) < 4.78 is 0. The Bertz CT molecular complexity index is 37.8. The molecule has 7 heavy (non-hydrogen) atoms. The molecule has 0 amide bonds. The number of hydrogen-bond donors (Lipinski definition) is 0. The predicted octanol–water partition coefficient (Wildman–Crippen LogP) is 0.154. The second kappa shape index (κ2) is 3.83. The fourth-order valence-electron chi connectivity index (χ4n) is 0. The Labute approximate surface area is 65.3 Å². The van der Waals surface area contributed by atoms with Gasteiger partial charge in [-0.3, -0.25) is 0 Å². The van der Waals surface area contributed by atoms with Gasteiger partial charge in [0.15, 0.2) is 0 Å². The van der Waals surface area contributed by atoms with Crippen molar-refractivity contribution < 1.29 is 5.11 Å². The fourth-order valence-corrected chi connectivity index (χ4v) is 0. The van der Waals surface area contributed by atoms with Crippen molar-refractivity contribution in [3.63, 3.8) is 0 Å². The topological polar surface area (TPSA) is 23.1 Å². The molecule has 0 aliphatic carbocycles. The molecule has 0 atom stereocenters. The third-order valence-corrected chi connectivity index (χ3v) is 0.851. The van der Waals surface area contributed by atoms with E-state index in [1.54, 1.807) is 13.8 Å². The summed E-state index contributed by atoms with van der Waals surface area (Å²) in [5.41, 5.74) is -0.708. The van der Waals surface area contributed by atoms with Gasteiger partial charge in [0.1, 0.15) is 0 Å². The van der Waals surface area contributed by atoms with Gasteiger partial charge in [-0.1, -0.05) is 27.2 Å². The van der Waals surface area contributed by atoms with Crippen molar-refractivity contribution >= 4 is 27.3 Å². The van der Waals surface area contributed by atoms with Gasteiger partial charge in [-0.25, -0.2) is 0 Å². The van der Waals surface area contributed by atoms with Gasteiger partial charge in [-0.2, -0.15) is 0 Å². The van der Waals surface area contributed by atoms with E-state index in [0.29, 0.717) is 6.42 Å². The van der Waals surface area contributed by atoms with Crippen LogP contribution in [0.4, 0.5) is 0 Å². The second-order valence-corrected chi connectivity index (χ2v) is 2.11. The van der Waals surface area contributed by atoms with Crippen molar-refractivity contribution in [1.82, 2.24) is 0 Å². The molecule has 0 heterocycles. The molecule has 0 saturated heterocycles. The van der Waals surface area contributed by atoms with E-state index in [2.05, 4.69) is 0 Å². The van der Waals surface area contributed by atoms with Crippen LogP contribution in [0.2, 0.25) is 0 Å². The molecule has 0 bridgehead atoms. The number of hydrogen-bond acceptors (Lipinski definition) is 1. The Morgan fingerprint density at radius 2 is 1.57 bits per heavy atom. The summed E-state index contributed by atoms with van der Waals surface area (Å²) in [5, 5.41) is 10.5. The molecule has 0 rings (SSSR count). The van der Waals surface area contributed by atoms with Crippen LogP contribution in [0.15, 0.2) is 0 Å². The summed E-state index contributed by atoms with van der Waals surface area (Å²) in [6.45, 7) is 5.27. The van der Waals surface area contributed by atoms with Crippen molar-refractivity contribution in [3.05, 3.63) is 0 Å². The van der Waals surface area contributed by atoms with Crippen LogP contribution in [-0.2, 0) is 0 Å². The Kier molecular flexibility index (Phi) is 5.91. The second-order valence-electron chi connectivity index (χ2n) is 2.11. The van der Waals surface area contributed by atoms with Crippen LogP contribution in [0.1, 0.15) is 27.2 Å². The average molecular weight is 292 g/mol. The Hall–Kier alpha value is 0.882. The minimum absolute atomic E-state index is 0. The van der Waals surface area contributed by atoms with Crippen LogP contribution in [-0.4, -0.2) is 32.9 Å². The molecular weight excluding hydrogens is 280 g/mol. The summed E-state index contributed by atoms with van der Waals surface area (Å²) in [6.07, 6.45) is 0.715. The van der Waals surface area contributed by atoms with Crippen molar-refractivity contribution in [1.29, 1.82) is 0 Å². The summed E-state index contributed by atoms with van der Waals surface area (Å²) in [5.74, 6) is 0. The molecule has 0 unspecified atom stereocenters. The molecular formula is C5H11OTl. The minimum Gasteiger partial charge on any atom is -0.850 e. The van der Waals surface area contributed by atoms with Gasteiger partial charge < -0.3 is 5.11 Å². The summed E-state index contributed by atoms with van der Waals surface area (Å²) >= 11 is 0. The quantitative estimate of drug-likeness (QED) is 0.631. The molecule has 40 valence electrons. The first-order valence-electron chi connectivity index (χ1n) is 2.26. The van der Waals surface area contributed by atoms with Crippen molar-refractivity contribution in [3.8, 4) is 0 Å². The van der Waals surface area contributed by atoms with Crippen molar-refractivity contribution in [2.45, 2.75) is 32.8 Å². The Morgan fingerprint density at radius 1 is 1.43 bits per heavy atom. The smallest absolute Gasteiger partial charge is 0.850 e. The van der Waals surface area contributed by atoms with Crippen LogP contribution < -0.4 is 5.11 Å². The normalized spacial score (nSPS) is 10.3. The molecule has 1 nitrogen and oxygen atoms in total. The van der Waals surface area contributed by atoms with Crippen LogP contribution in [0.25, 0.3) is 0 Å². The Morgan fingerprint density at radius 3 is 1.57 bits per heavy atom. The zero-order chi connectivity index (χ0) is 5.21. The Balaban J connectivity index is 0. The molecule has 0 aromatic carbocycles. The van der Waals surface area contributed by atoms with Gasteiger partial charge in [-0.05, 0) is 0 Å². The summed E-state index contributed by atoms with van der Waals surface area (Å²) in [4.78, 5) is 0.